The third-order valence-corrected chi connectivity index (χ3v) is 6.50. The topological polar surface area (TPSA) is 88.5 Å². The Morgan fingerprint density at radius 2 is 1.68 bits per heavy atom. The number of benzene rings is 2. The lowest BCUT2D eigenvalue weighted by Gasteiger charge is -2.28. The van der Waals surface area contributed by atoms with Crippen molar-refractivity contribution >= 4 is 17.4 Å². The summed E-state index contributed by atoms with van der Waals surface area (Å²) in [7, 11) is 1.55. The van der Waals surface area contributed by atoms with E-state index in [4.69, 9.17) is 14.2 Å². The van der Waals surface area contributed by atoms with Gasteiger partial charge in [-0.2, -0.15) is 0 Å². The molecule has 0 unspecified atom stereocenters. The summed E-state index contributed by atoms with van der Waals surface area (Å²) < 4.78 is 16.9. The van der Waals surface area contributed by atoms with Crippen LogP contribution >= 0.6 is 0 Å². The number of carbonyl (C=O) groups is 2. The van der Waals surface area contributed by atoms with E-state index < -0.39 is 17.7 Å². The molecule has 1 N–H and O–H groups in total. The smallest absolute Gasteiger partial charge is 0.295 e. The number of ether oxygens (including phenoxy) is 3. The van der Waals surface area contributed by atoms with E-state index in [-0.39, 0.29) is 11.3 Å². The van der Waals surface area contributed by atoms with E-state index in [2.05, 4.69) is 18.7 Å². The number of aliphatic hydroxyl groups excluding tert-OH is 1. The van der Waals surface area contributed by atoms with Gasteiger partial charge in [0, 0.05) is 18.7 Å². The number of methoxy groups -OCH3 is 1. The van der Waals surface area contributed by atoms with Crippen molar-refractivity contribution in [1.29, 1.82) is 0 Å². The molecule has 1 amide bonds. The summed E-state index contributed by atoms with van der Waals surface area (Å²) in [6.45, 7) is 11.7. The molecule has 2 aromatic carbocycles. The molecule has 2 aromatic rings. The maximum atomic E-state index is 13.3. The maximum absolute atomic E-state index is 13.3. The van der Waals surface area contributed by atoms with Gasteiger partial charge in [0.2, 0.25) is 0 Å². The van der Waals surface area contributed by atoms with Crippen molar-refractivity contribution in [2.75, 3.05) is 46.5 Å². The fourth-order valence-corrected chi connectivity index (χ4v) is 4.46. The second-order valence-corrected chi connectivity index (χ2v) is 8.74. The SMILES string of the molecule is CCCOc1ccc([C@@H]2C(=C(O)c3ccc(OCC)cc3)C(=O)C(=O)N2CCN(CC)CC)cc1OC. The van der Waals surface area contributed by atoms with E-state index >= 15 is 0 Å². The van der Waals surface area contributed by atoms with Crippen molar-refractivity contribution in [3.63, 3.8) is 0 Å². The molecule has 37 heavy (non-hydrogen) atoms. The molecule has 1 aliphatic rings. The Kier molecular flexibility index (Phi) is 9.97. The molecule has 3 rings (SSSR count). The van der Waals surface area contributed by atoms with Crippen molar-refractivity contribution in [1.82, 2.24) is 9.80 Å². The van der Waals surface area contributed by atoms with Crippen LogP contribution in [-0.4, -0.2) is 73.1 Å². The molecule has 200 valence electrons. The number of likely N-dealkylation sites (tertiary alicyclic amines) is 1. The first kappa shape index (κ1) is 28.1. The minimum atomic E-state index is -0.767. The average Bonchev–Trinajstić information content (AvgIpc) is 3.17. The third-order valence-electron chi connectivity index (χ3n) is 6.50. The minimum absolute atomic E-state index is 0.0537. The van der Waals surface area contributed by atoms with Crippen LogP contribution in [0.3, 0.4) is 0 Å². The van der Waals surface area contributed by atoms with Crippen molar-refractivity contribution in [3.8, 4) is 17.2 Å². The summed E-state index contributed by atoms with van der Waals surface area (Å²) >= 11 is 0. The monoisotopic (exact) mass is 510 g/mol. The molecule has 1 fully saturated rings. The molecule has 1 saturated heterocycles. The number of carbonyl (C=O) groups excluding carboxylic acids is 2. The van der Waals surface area contributed by atoms with Crippen LogP contribution in [0.4, 0.5) is 0 Å². The molecule has 8 nitrogen and oxygen atoms in total. The van der Waals surface area contributed by atoms with Crippen LogP contribution in [0.25, 0.3) is 5.76 Å². The molecule has 1 aliphatic heterocycles. The molecule has 0 radical (unpaired) electrons. The number of nitrogens with zero attached hydrogens (tertiary/aromatic N) is 2. The zero-order valence-electron chi connectivity index (χ0n) is 22.5. The molecule has 1 atom stereocenters. The molecule has 0 bridgehead atoms. The van der Waals surface area contributed by atoms with Crippen LogP contribution in [0, 0.1) is 0 Å². The Morgan fingerprint density at radius 3 is 2.27 bits per heavy atom. The first-order valence-corrected chi connectivity index (χ1v) is 12.9. The Morgan fingerprint density at radius 1 is 0.973 bits per heavy atom. The highest BCUT2D eigenvalue weighted by Gasteiger charge is 2.46. The highest BCUT2D eigenvalue weighted by atomic mass is 16.5. The molecule has 0 spiro atoms. The van der Waals surface area contributed by atoms with Gasteiger partial charge in [-0.05, 0) is 68.4 Å². The highest BCUT2D eigenvalue weighted by molar-refractivity contribution is 6.46. The molecule has 8 heteroatoms. The number of Topliss-reactive ketones (excluding diaryl/α,β-unsaturated/α-hetero) is 1. The van der Waals surface area contributed by atoms with Gasteiger partial charge in [-0.15, -0.1) is 0 Å². The number of aliphatic hydroxyl groups is 1. The fourth-order valence-electron chi connectivity index (χ4n) is 4.46. The zero-order valence-corrected chi connectivity index (χ0v) is 22.5. The predicted molar refractivity (Wildman–Crippen MR) is 143 cm³/mol. The van der Waals surface area contributed by atoms with Crippen LogP contribution in [0.1, 0.15) is 51.3 Å². The third kappa shape index (κ3) is 6.25. The van der Waals surface area contributed by atoms with Crippen molar-refractivity contribution in [2.24, 2.45) is 0 Å². The molecule has 0 aromatic heterocycles. The molecule has 1 heterocycles. The van der Waals surface area contributed by atoms with E-state index in [1.165, 1.54) is 0 Å². The number of likely N-dealkylation sites (N-methyl/N-ethyl adjacent to an activating group) is 1. The normalized spacial score (nSPS) is 16.9. The number of ketones is 1. The first-order valence-electron chi connectivity index (χ1n) is 12.9. The van der Waals surface area contributed by atoms with Crippen molar-refractivity contribution in [2.45, 2.75) is 40.2 Å². The number of hydrogen-bond acceptors (Lipinski definition) is 7. The number of rotatable bonds is 13. The largest absolute Gasteiger partial charge is 0.507 e. The zero-order chi connectivity index (χ0) is 26.9. The molecular weight excluding hydrogens is 472 g/mol. The standard InChI is InChI=1S/C29H38N2O6/c1-6-18-37-23-15-12-21(19-24(23)35-5)26-25(27(32)20-10-13-22(14-11-20)36-9-4)28(33)29(34)31(26)17-16-30(7-2)8-3/h10-15,19,26,32H,6-9,16-18H2,1-5H3/t26-/m1/s1. The van der Waals surface area contributed by atoms with Crippen LogP contribution < -0.4 is 14.2 Å². The van der Waals surface area contributed by atoms with Gasteiger partial charge in [-0.3, -0.25) is 9.59 Å². The Hall–Kier alpha value is -3.52. The summed E-state index contributed by atoms with van der Waals surface area (Å²) in [5.41, 5.74) is 1.15. The van der Waals surface area contributed by atoms with E-state index in [0.29, 0.717) is 54.7 Å². The first-order chi connectivity index (χ1) is 17.9. The average molecular weight is 511 g/mol. The maximum Gasteiger partial charge on any atom is 0.295 e. The van der Waals surface area contributed by atoms with E-state index in [1.54, 1.807) is 48.4 Å². The summed E-state index contributed by atoms with van der Waals surface area (Å²) in [4.78, 5) is 30.3. The molecular formula is C29H38N2O6. The quantitative estimate of drug-likeness (QED) is 0.238. The van der Waals surface area contributed by atoms with Crippen molar-refractivity contribution < 1.29 is 28.9 Å². The Bertz CT molecular complexity index is 1110. The Labute approximate surface area is 219 Å². The summed E-state index contributed by atoms with van der Waals surface area (Å²) in [5.74, 6) is 0.182. The van der Waals surface area contributed by atoms with Gasteiger partial charge >= 0.3 is 0 Å². The lowest BCUT2D eigenvalue weighted by molar-refractivity contribution is -0.140. The van der Waals surface area contributed by atoms with E-state index in [0.717, 1.165) is 19.5 Å². The highest BCUT2D eigenvalue weighted by Crippen LogP contribution is 2.42. The minimum Gasteiger partial charge on any atom is -0.507 e. The van der Waals surface area contributed by atoms with Crippen LogP contribution in [0.2, 0.25) is 0 Å². The van der Waals surface area contributed by atoms with Crippen LogP contribution in [0.15, 0.2) is 48.0 Å². The van der Waals surface area contributed by atoms with E-state index in [1.807, 2.05) is 19.9 Å². The lowest BCUT2D eigenvalue weighted by Crippen LogP contribution is -2.38. The predicted octanol–water partition coefficient (Wildman–Crippen LogP) is 4.65. The second kappa shape index (κ2) is 13.1. The molecule has 0 aliphatic carbocycles. The fraction of sp³-hybridized carbons (Fsp3) is 0.448. The number of hydrogen-bond donors (Lipinski definition) is 1. The molecule has 0 saturated carbocycles. The van der Waals surface area contributed by atoms with Gasteiger partial charge in [0.05, 0.1) is 31.9 Å². The number of amides is 1. The van der Waals surface area contributed by atoms with Crippen LogP contribution in [-0.2, 0) is 9.59 Å². The summed E-state index contributed by atoms with van der Waals surface area (Å²) in [6, 6.07) is 11.4. The van der Waals surface area contributed by atoms with E-state index in [9.17, 15) is 14.7 Å². The van der Waals surface area contributed by atoms with Crippen LogP contribution in [0.5, 0.6) is 17.2 Å². The van der Waals surface area contributed by atoms with Gasteiger partial charge in [0.15, 0.2) is 11.5 Å². The van der Waals surface area contributed by atoms with Gasteiger partial charge in [0.25, 0.3) is 11.7 Å². The van der Waals surface area contributed by atoms with Gasteiger partial charge < -0.3 is 29.1 Å². The van der Waals surface area contributed by atoms with Gasteiger partial charge in [-0.25, -0.2) is 0 Å². The van der Waals surface area contributed by atoms with Gasteiger partial charge in [-0.1, -0.05) is 26.8 Å². The lowest BCUT2D eigenvalue weighted by atomic mass is 9.95. The summed E-state index contributed by atoms with van der Waals surface area (Å²) in [6.07, 6.45) is 0.846. The second-order valence-electron chi connectivity index (χ2n) is 8.74. The Balaban J connectivity index is 2.10. The van der Waals surface area contributed by atoms with Crippen molar-refractivity contribution in [3.05, 3.63) is 59.2 Å². The van der Waals surface area contributed by atoms with Gasteiger partial charge in [0.1, 0.15) is 11.5 Å². The summed E-state index contributed by atoms with van der Waals surface area (Å²) in [5, 5.41) is 11.3.